The zero-order chi connectivity index (χ0) is 11.4. The average molecular weight is 223 g/mol. The molecule has 2 rings (SSSR count). The SMILES string of the molecule is N#CC1(C(O)C2CCOC2)CCCCCC1. The molecule has 3 heteroatoms. The van der Waals surface area contributed by atoms with Crippen molar-refractivity contribution >= 4 is 0 Å². The van der Waals surface area contributed by atoms with Crippen molar-refractivity contribution in [3.05, 3.63) is 0 Å². The summed E-state index contributed by atoms with van der Waals surface area (Å²) in [5.41, 5.74) is -0.491. The number of hydrogen-bond donors (Lipinski definition) is 1. The summed E-state index contributed by atoms with van der Waals surface area (Å²) >= 11 is 0. The molecule has 1 aliphatic heterocycles. The van der Waals surface area contributed by atoms with Crippen molar-refractivity contribution < 1.29 is 9.84 Å². The van der Waals surface area contributed by atoms with Gasteiger partial charge in [0.15, 0.2) is 0 Å². The van der Waals surface area contributed by atoms with Crippen molar-refractivity contribution in [2.24, 2.45) is 11.3 Å². The lowest BCUT2D eigenvalue weighted by Crippen LogP contribution is -2.39. The van der Waals surface area contributed by atoms with Crippen molar-refractivity contribution in [1.82, 2.24) is 0 Å². The average Bonchev–Trinajstić information content (AvgIpc) is 2.73. The Labute approximate surface area is 97.4 Å². The van der Waals surface area contributed by atoms with Gasteiger partial charge in [-0.2, -0.15) is 5.26 Å². The van der Waals surface area contributed by atoms with E-state index in [0.717, 1.165) is 38.7 Å². The molecular formula is C13H21NO2. The lowest BCUT2D eigenvalue weighted by atomic mass is 9.72. The lowest BCUT2D eigenvalue weighted by molar-refractivity contribution is 0.000592. The Morgan fingerprint density at radius 1 is 1.25 bits per heavy atom. The van der Waals surface area contributed by atoms with E-state index in [2.05, 4.69) is 6.07 Å². The van der Waals surface area contributed by atoms with E-state index in [1.807, 2.05) is 0 Å². The number of ether oxygens (including phenoxy) is 1. The molecule has 1 heterocycles. The molecule has 2 aliphatic rings. The third-order valence-corrected chi connectivity index (χ3v) is 4.20. The van der Waals surface area contributed by atoms with Gasteiger partial charge in [-0.15, -0.1) is 0 Å². The first-order chi connectivity index (χ1) is 7.78. The Kier molecular flexibility index (Phi) is 3.83. The minimum atomic E-state index is -0.491. The normalized spacial score (nSPS) is 31.6. The molecule has 3 nitrogen and oxygen atoms in total. The Bertz CT molecular complexity index is 258. The third-order valence-electron chi connectivity index (χ3n) is 4.20. The summed E-state index contributed by atoms with van der Waals surface area (Å²) in [7, 11) is 0. The molecule has 0 bridgehead atoms. The second kappa shape index (κ2) is 5.16. The number of aliphatic hydroxyl groups excluding tert-OH is 1. The molecule has 0 amide bonds. The standard InChI is InChI=1S/C13H21NO2/c14-10-13(6-3-1-2-4-7-13)12(15)11-5-8-16-9-11/h11-12,15H,1-9H2. The minimum Gasteiger partial charge on any atom is -0.391 e. The molecule has 0 radical (unpaired) electrons. The Morgan fingerprint density at radius 3 is 2.44 bits per heavy atom. The second-order valence-corrected chi connectivity index (χ2v) is 5.25. The van der Waals surface area contributed by atoms with Gasteiger partial charge in [-0.05, 0) is 19.3 Å². The first-order valence-corrected chi connectivity index (χ1v) is 6.45. The van der Waals surface area contributed by atoms with Crippen LogP contribution in [0, 0.1) is 22.7 Å². The predicted octanol–water partition coefficient (Wildman–Crippen LogP) is 2.25. The summed E-state index contributed by atoms with van der Waals surface area (Å²) in [4.78, 5) is 0. The summed E-state index contributed by atoms with van der Waals surface area (Å²) in [6.07, 6.45) is 6.72. The molecule has 2 fully saturated rings. The Morgan fingerprint density at radius 2 is 1.94 bits per heavy atom. The maximum Gasteiger partial charge on any atom is 0.0835 e. The smallest absolute Gasteiger partial charge is 0.0835 e. The van der Waals surface area contributed by atoms with Gasteiger partial charge >= 0.3 is 0 Å². The van der Waals surface area contributed by atoms with Gasteiger partial charge in [-0.3, -0.25) is 0 Å². The van der Waals surface area contributed by atoms with Gasteiger partial charge in [0, 0.05) is 12.5 Å². The van der Waals surface area contributed by atoms with Gasteiger partial charge in [0.25, 0.3) is 0 Å². The van der Waals surface area contributed by atoms with Gasteiger partial charge in [-0.25, -0.2) is 0 Å². The van der Waals surface area contributed by atoms with Crippen LogP contribution in [0.5, 0.6) is 0 Å². The van der Waals surface area contributed by atoms with Crippen molar-refractivity contribution in [3.63, 3.8) is 0 Å². The lowest BCUT2D eigenvalue weighted by Gasteiger charge is -2.33. The number of hydrogen-bond acceptors (Lipinski definition) is 3. The van der Waals surface area contributed by atoms with E-state index in [0.29, 0.717) is 6.61 Å². The highest BCUT2D eigenvalue weighted by molar-refractivity contribution is 5.06. The monoisotopic (exact) mass is 223 g/mol. The summed E-state index contributed by atoms with van der Waals surface area (Å²) in [5.74, 6) is 0.178. The van der Waals surface area contributed by atoms with E-state index in [-0.39, 0.29) is 5.92 Å². The van der Waals surface area contributed by atoms with Crippen LogP contribution in [-0.4, -0.2) is 24.4 Å². The molecule has 1 N–H and O–H groups in total. The van der Waals surface area contributed by atoms with Crippen molar-refractivity contribution in [2.75, 3.05) is 13.2 Å². The quantitative estimate of drug-likeness (QED) is 0.730. The maximum atomic E-state index is 10.4. The molecule has 90 valence electrons. The third kappa shape index (κ3) is 2.23. The highest BCUT2D eigenvalue weighted by Gasteiger charge is 2.43. The van der Waals surface area contributed by atoms with Gasteiger partial charge < -0.3 is 9.84 Å². The van der Waals surface area contributed by atoms with Crippen LogP contribution in [0.2, 0.25) is 0 Å². The van der Waals surface area contributed by atoms with E-state index in [9.17, 15) is 10.4 Å². The van der Waals surface area contributed by atoms with Crippen LogP contribution in [-0.2, 0) is 4.74 Å². The summed E-state index contributed by atoms with van der Waals surface area (Å²) < 4.78 is 5.32. The van der Waals surface area contributed by atoms with E-state index < -0.39 is 11.5 Å². The highest BCUT2D eigenvalue weighted by Crippen LogP contribution is 2.41. The molecule has 2 unspecified atom stereocenters. The Hall–Kier alpha value is -0.590. The highest BCUT2D eigenvalue weighted by atomic mass is 16.5. The number of nitrogens with zero attached hydrogens (tertiary/aromatic N) is 1. The van der Waals surface area contributed by atoms with Crippen LogP contribution >= 0.6 is 0 Å². The van der Waals surface area contributed by atoms with Crippen molar-refractivity contribution in [2.45, 2.75) is 51.0 Å². The molecule has 1 saturated carbocycles. The van der Waals surface area contributed by atoms with Crippen molar-refractivity contribution in [3.8, 4) is 6.07 Å². The van der Waals surface area contributed by atoms with E-state index in [1.165, 1.54) is 12.8 Å². The first-order valence-electron chi connectivity index (χ1n) is 6.45. The van der Waals surface area contributed by atoms with E-state index >= 15 is 0 Å². The number of aliphatic hydroxyl groups is 1. The minimum absolute atomic E-state index is 0.178. The molecular weight excluding hydrogens is 202 g/mol. The van der Waals surface area contributed by atoms with Crippen LogP contribution in [0.25, 0.3) is 0 Å². The molecule has 0 aromatic heterocycles. The summed E-state index contributed by atoms with van der Waals surface area (Å²) in [6.45, 7) is 1.37. The van der Waals surface area contributed by atoms with Crippen LogP contribution in [0.3, 0.4) is 0 Å². The van der Waals surface area contributed by atoms with Gasteiger partial charge in [-0.1, -0.05) is 25.7 Å². The summed E-state index contributed by atoms with van der Waals surface area (Å²) in [6, 6.07) is 2.43. The van der Waals surface area contributed by atoms with Gasteiger partial charge in [0.1, 0.15) is 0 Å². The molecule has 0 aromatic rings. The zero-order valence-electron chi connectivity index (χ0n) is 9.82. The molecule has 2 atom stereocenters. The van der Waals surface area contributed by atoms with Gasteiger partial charge in [0.05, 0.1) is 24.2 Å². The first kappa shape index (κ1) is 11.9. The number of nitriles is 1. The van der Waals surface area contributed by atoms with Crippen LogP contribution < -0.4 is 0 Å². The molecule has 0 spiro atoms. The van der Waals surface area contributed by atoms with Gasteiger partial charge in [0.2, 0.25) is 0 Å². The Balaban J connectivity index is 2.09. The molecule has 0 aromatic carbocycles. The van der Waals surface area contributed by atoms with Crippen molar-refractivity contribution in [1.29, 1.82) is 5.26 Å². The molecule has 16 heavy (non-hydrogen) atoms. The fraction of sp³-hybridized carbons (Fsp3) is 0.923. The summed E-state index contributed by atoms with van der Waals surface area (Å²) in [5, 5.41) is 19.9. The van der Waals surface area contributed by atoms with Crippen LogP contribution in [0.15, 0.2) is 0 Å². The molecule has 1 aliphatic carbocycles. The predicted molar refractivity (Wildman–Crippen MR) is 60.7 cm³/mol. The second-order valence-electron chi connectivity index (χ2n) is 5.25. The van der Waals surface area contributed by atoms with Crippen LogP contribution in [0.4, 0.5) is 0 Å². The molecule has 1 saturated heterocycles. The fourth-order valence-corrected chi connectivity index (χ4v) is 3.09. The number of rotatable bonds is 2. The topological polar surface area (TPSA) is 53.2 Å². The van der Waals surface area contributed by atoms with E-state index in [1.54, 1.807) is 0 Å². The largest absolute Gasteiger partial charge is 0.391 e. The zero-order valence-corrected chi connectivity index (χ0v) is 9.82. The fourth-order valence-electron chi connectivity index (χ4n) is 3.09. The maximum absolute atomic E-state index is 10.4. The van der Waals surface area contributed by atoms with E-state index in [4.69, 9.17) is 4.74 Å². The van der Waals surface area contributed by atoms with Crippen LogP contribution in [0.1, 0.15) is 44.9 Å².